The Hall–Kier alpha value is -3.92. The Morgan fingerprint density at radius 3 is 2.65 bits per heavy atom. The van der Waals surface area contributed by atoms with E-state index in [2.05, 4.69) is 20.4 Å². The fourth-order valence-electron chi connectivity index (χ4n) is 3.42. The summed E-state index contributed by atoms with van der Waals surface area (Å²) in [5.74, 6) is 0.0384. The number of aromatic nitrogens is 2. The Bertz CT molecular complexity index is 1220. The second-order valence-electron chi connectivity index (χ2n) is 7.45. The quantitative estimate of drug-likeness (QED) is 0.521. The third-order valence-corrected chi connectivity index (χ3v) is 6.43. The standard InChI is InChI=1S/C24H23N5O4S/c1-3-21-22(16-6-9-20(33-2)19(30)12-16)28-29(24(32)34-21)14-15-4-7-17(8-5-15)27-23(31)18-13-25-10-11-26-18/h4-13,21,30H,3,14H2,1-2H3,(H,27,31). The van der Waals surface area contributed by atoms with Gasteiger partial charge in [0, 0.05) is 23.6 Å². The van der Waals surface area contributed by atoms with Gasteiger partial charge in [0.1, 0.15) is 5.69 Å². The fraction of sp³-hybridized carbons (Fsp3) is 0.208. The van der Waals surface area contributed by atoms with Crippen molar-refractivity contribution < 1.29 is 19.4 Å². The third kappa shape index (κ3) is 5.18. The topological polar surface area (TPSA) is 117 Å². The zero-order chi connectivity index (χ0) is 24.1. The van der Waals surface area contributed by atoms with Crippen molar-refractivity contribution in [3.8, 4) is 11.5 Å². The van der Waals surface area contributed by atoms with Crippen LogP contribution >= 0.6 is 11.8 Å². The number of hydrazone groups is 1. The number of hydrogen-bond acceptors (Lipinski definition) is 8. The summed E-state index contributed by atoms with van der Waals surface area (Å²) < 4.78 is 5.12. The number of carbonyl (C=O) groups is 2. The molecule has 2 amide bonds. The van der Waals surface area contributed by atoms with Gasteiger partial charge < -0.3 is 15.2 Å². The van der Waals surface area contributed by atoms with Crippen molar-refractivity contribution in [1.29, 1.82) is 0 Å². The number of ether oxygens (including phenoxy) is 1. The highest BCUT2D eigenvalue weighted by molar-refractivity contribution is 8.14. The van der Waals surface area contributed by atoms with Crippen LogP contribution in [0.3, 0.4) is 0 Å². The lowest BCUT2D eigenvalue weighted by atomic mass is 10.0. The summed E-state index contributed by atoms with van der Waals surface area (Å²) >= 11 is 1.22. The molecule has 0 saturated carbocycles. The van der Waals surface area contributed by atoms with E-state index in [0.717, 1.165) is 23.3 Å². The molecule has 1 aromatic heterocycles. The first-order valence-electron chi connectivity index (χ1n) is 10.6. The van der Waals surface area contributed by atoms with E-state index < -0.39 is 0 Å². The molecule has 0 saturated heterocycles. The summed E-state index contributed by atoms with van der Waals surface area (Å²) in [6.07, 6.45) is 5.07. The van der Waals surface area contributed by atoms with E-state index in [-0.39, 0.29) is 34.4 Å². The first kappa shape index (κ1) is 23.2. The first-order valence-corrected chi connectivity index (χ1v) is 11.5. The molecule has 0 spiro atoms. The summed E-state index contributed by atoms with van der Waals surface area (Å²) in [6, 6.07) is 12.3. The van der Waals surface area contributed by atoms with E-state index in [1.54, 1.807) is 24.3 Å². The number of benzene rings is 2. The number of phenols is 1. The lowest BCUT2D eigenvalue weighted by Gasteiger charge is -2.28. The molecule has 2 N–H and O–H groups in total. The van der Waals surface area contributed by atoms with Gasteiger partial charge >= 0.3 is 5.24 Å². The number of thioether (sulfide) groups is 1. The predicted molar refractivity (Wildman–Crippen MR) is 130 cm³/mol. The maximum absolute atomic E-state index is 12.7. The van der Waals surface area contributed by atoms with Crippen LogP contribution in [0.4, 0.5) is 10.5 Å². The molecule has 1 unspecified atom stereocenters. The van der Waals surface area contributed by atoms with Gasteiger partial charge in [0.15, 0.2) is 11.5 Å². The number of carbonyl (C=O) groups excluding carboxylic acids is 2. The van der Waals surface area contributed by atoms with Crippen molar-refractivity contribution in [3.05, 3.63) is 77.9 Å². The molecular formula is C24H23N5O4S. The first-order chi connectivity index (χ1) is 16.5. The fourth-order valence-corrected chi connectivity index (χ4v) is 4.35. The highest BCUT2D eigenvalue weighted by Gasteiger charge is 2.30. The molecule has 0 fully saturated rings. The second-order valence-corrected chi connectivity index (χ2v) is 8.61. The zero-order valence-electron chi connectivity index (χ0n) is 18.6. The highest BCUT2D eigenvalue weighted by Crippen LogP contribution is 2.33. The van der Waals surface area contributed by atoms with Crippen LogP contribution in [0.25, 0.3) is 0 Å². The Kier molecular flexibility index (Phi) is 7.07. The molecule has 2 heterocycles. The minimum absolute atomic E-state index is 0.0186. The zero-order valence-corrected chi connectivity index (χ0v) is 19.5. The minimum Gasteiger partial charge on any atom is -0.504 e. The molecule has 34 heavy (non-hydrogen) atoms. The average Bonchev–Trinajstić information content (AvgIpc) is 2.86. The van der Waals surface area contributed by atoms with Crippen LogP contribution in [-0.2, 0) is 6.54 Å². The van der Waals surface area contributed by atoms with E-state index >= 15 is 0 Å². The SMILES string of the molecule is CCC1SC(=O)N(Cc2ccc(NC(=O)c3cnccn3)cc2)N=C1c1ccc(OC)c(O)c1. The molecule has 1 aliphatic heterocycles. The number of anilines is 1. The van der Waals surface area contributed by atoms with E-state index in [1.165, 1.54) is 42.5 Å². The van der Waals surface area contributed by atoms with Crippen LogP contribution in [0.2, 0.25) is 0 Å². The van der Waals surface area contributed by atoms with Crippen molar-refractivity contribution in [3.63, 3.8) is 0 Å². The number of rotatable bonds is 7. The van der Waals surface area contributed by atoms with Gasteiger partial charge in [-0.25, -0.2) is 9.99 Å². The summed E-state index contributed by atoms with van der Waals surface area (Å²) in [5.41, 5.74) is 3.12. The predicted octanol–water partition coefficient (Wildman–Crippen LogP) is 4.29. The van der Waals surface area contributed by atoms with E-state index in [1.807, 2.05) is 25.1 Å². The van der Waals surface area contributed by atoms with Gasteiger partial charge in [0.25, 0.3) is 5.91 Å². The number of methoxy groups -OCH3 is 1. The number of amides is 2. The smallest absolute Gasteiger partial charge is 0.302 e. The Labute approximate surface area is 200 Å². The van der Waals surface area contributed by atoms with Crippen LogP contribution in [0.15, 0.2) is 66.2 Å². The van der Waals surface area contributed by atoms with E-state index in [0.29, 0.717) is 11.4 Å². The number of hydrogen-bond donors (Lipinski definition) is 2. The Balaban J connectivity index is 1.51. The van der Waals surface area contributed by atoms with Gasteiger partial charge in [-0.3, -0.25) is 14.6 Å². The third-order valence-electron chi connectivity index (χ3n) is 5.17. The summed E-state index contributed by atoms with van der Waals surface area (Å²) in [6.45, 7) is 2.26. The summed E-state index contributed by atoms with van der Waals surface area (Å²) in [5, 5.41) is 18.7. The van der Waals surface area contributed by atoms with Gasteiger partial charge in [-0.15, -0.1) is 0 Å². The second kappa shape index (κ2) is 10.3. The van der Waals surface area contributed by atoms with Crippen molar-refractivity contribution >= 4 is 34.3 Å². The number of nitrogens with one attached hydrogen (secondary N) is 1. The molecule has 0 radical (unpaired) electrons. The van der Waals surface area contributed by atoms with Crippen LogP contribution in [0, 0.1) is 0 Å². The van der Waals surface area contributed by atoms with Crippen molar-refractivity contribution in [2.75, 3.05) is 12.4 Å². The number of nitrogens with zero attached hydrogens (tertiary/aromatic N) is 4. The van der Waals surface area contributed by atoms with Gasteiger partial charge in [-0.05, 0) is 42.3 Å². The van der Waals surface area contributed by atoms with Gasteiger partial charge in [-0.1, -0.05) is 30.8 Å². The van der Waals surface area contributed by atoms with Gasteiger partial charge in [0.05, 0.1) is 30.8 Å². The summed E-state index contributed by atoms with van der Waals surface area (Å²) in [7, 11) is 1.49. The lowest BCUT2D eigenvalue weighted by molar-refractivity contribution is 0.102. The Morgan fingerprint density at radius 2 is 2.00 bits per heavy atom. The average molecular weight is 478 g/mol. The molecule has 2 aromatic carbocycles. The molecule has 0 aliphatic carbocycles. The highest BCUT2D eigenvalue weighted by atomic mass is 32.2. The molecular weight excluding hydrogens is 454 g/mol. The number of aromatic hydroxyl groups is 1. The number of phenolic OH excluding ortho intramolecular Hbond substituents is 1. The van der Waals surface area contributed by atoms with Crippen LogP contribution in [0.1, 0.15) is 35.0 Å². The minimum atomic E-state index is -0.356. The van der Waals surface area contributed by atoms with Crippen molar-refractivity contribution in [1.82, 2.24) is 15.0 Å². The molecule has 174 valence electrons. The van der Waals surface area contributed by atoms with Crippen molar-refractivity contribution in [2.45, 2.75) is 25.1 Å². The van der Waals surface area contributed by atoms with Gasteiger partial charge in [-0.2, -0.15) is 5.10 Å². The molecule has 9 nitrogen and oxygen atoms in total. The molecule has 4 rings (SSSR count). The maximum Gasteiger partial charge on any atom is 0.302 e. The molecule has 1 atom stereocenters. The Morgan fingerprint density at radius 1 is 1.21 bits per heavy atom. The van der Waals surface area contributed by atoms with Crippen molar-refractivity contribution in [2.24, 2.45) is 5.10 Å². The van der Waals surface area contributed by atoms with E-state index in [4.69, 9.17) is 4.74 Å². The molecule has 10 heteroatoms. The molecule has 0 bridgehead atoms. The van der Waals surface area contributed by atoms with Crippen LogP contribution < -0.4 is 10.1 Å². The van der Waals surface area contributed by atoms with Crippen LogP contribution in [-0.4, -0.2) is 49.3 Å². The monoisotopic (exact) mass is 477 g/mol. The van der Waals surface area contributed by atoms with Gasteiger partial charge in [0.2, 0.25) is 0 Å². The molecule has 1 aliphatic rings. The maximum atomic E-state index is 12.7. The van der Waals surface area contributed by atoms with E-state index in [9.17, 15) is 14.7 Å². The van der Waals surface area contributed by atoms with Crippen LogP contribution in [0.5, 0.6) is 11.5 Å². The summed E-state index contributed by atoms with van der Waals surface area (Å²) in [4.78, 5) is 32.8. The normalized spacial score (nSPS) is 15.6. The largest absolute Gasteiger partial charge is 0.504 e. The lowest BCUT2D eigenvalue weighted by Crippen LogP contribution is -2.34. The molecule has 3 aromatic rings.